The molecule has 0 spiro atoms. The van der Waals surface area contributed by atoms with Crippen molar-refractivity contribution in [3.05, 3.63) is 35.4 Å². The van der Waals surface area contributed by atoms with Gasteiger partial charge in [-0.1, -0.05) is 39.8 Å². The highest BCUT2D eigenvalue weighted by Crippen LogP contribution is 2.27. The minimum atomic E-state index is 0.0992. The van der Waals surface area contributed by atoms with Crippen LogP contribution in [0.1, 0.15) is 69.3 Å². The molecule has 3 heterocycles. The summed E-state index contributed by atoms with van der Waals surface area (Å²) in [5.41, 5.74) is 2.15. The van der Waals surface area contributed by atoms with E-state index in [1.165, 1.54) is 5.56 Å². The Morgan fingerprint density at radius 1 is 0.794 bits per heavy atom. The lowest BCUT2D eigenvalue weighted by Gasteiger charge is -2.43. The fourth-order valence-electron chi connectivity index (χ4n) is 5.78. The van der Waals surface area contributed by atoms with E-state index in [0.29, 0.717) is 11.9 Å². The standard InChI is InChI=1S/C28H44N4O2/c1-5-29-18-20-32(21-19-29)27(34)23-10-14-30(15-11-23)25-12-16-31(17-13-25)26(33)22-6-8-24(9-7-22)28(2,3)4/h6-9,23,25H,5,10-21H2,1-4H3. The fraction of sp³-hybridized carbons (Fsp3) is 0.714. The molecule has 0 atom stereocenters. The van der Waals surface area contributed by atoms with Crippen LogP contribution >= 0.6 is 0 Å². The first-order chi connectivity index (χ1) is 16.3. The van der Waals surface area contributed by atoms with Gasteiger partial charge in [-0.2, -0.15) is 0 Å². The summed E-state index contributed by atoms with van der Waals surface area (Å²) < 4.78 is 0. The van der Waals surface area contributed by atoms with Gasteiger partial charge in [-0.05, 0) is 68.4 Å². The van der Waals surface area contributed by atoms with Crippen LogP contribution in [0.15, 0.2) is 24.3 Å². The summed E-state index contributed by atoms with van der Waals surface area (Å²) in [6.45, 7) is 17.3. The number of rotatable bonds is 4. The van der Waals surface area contributed by atoms with Gasteiger partial charge in [0.2, 0.25) is 5.91 Å². The predicted molar refractivity (Wildman–Crippen MR) is 137 cm³/mol. The zero-order valence-electron chi connectivity index (χ0n) is 21.8. The number of carbonyl (C=O) groups is 2. The molecule has 0 aliphatic carbocycles. The SMILES string of the molecule is CCN1CCN(C(=O)C2CCN(C3CCN(C(=O)c4ccc(C(C)(C)C)cc4)CC3)CC2)CC1. The molecule has 0 aromatic heterocycles. The van der Waals surface area contributed by atoms with Crippen molar-refractivity contribution in [1.82, 2.24) is 19.6 Å². The van der Waals surface area contributed by atoms with E-state index in [2.05, 4.69) is 54.5 Å². The van der Waals surface area contributed by atoms with Crippen molar-refractivity contribution < 1.29 is 9.59 Å². The highest BCUT2D eigenvalue weighted by molar-refractivity contribution is 5.94. The summed E-state index contributed by atoms with van der Waals surface area (Å²) in [5.74, 6) is 0.738. The molecule has 1 aromatic carbocycles. The number of piperidine rings is 2. The first-order valence-electron chi connectivity index (χ1n) is 13.4. The molecule has 34 heavy (non-hydrogen) atoms. The number of piperazine rings is 1. The maximum absolute atomic E-state index is 13.0. The number of likely N-dealkylation sites (N-methyl/N-ethyl adjacent to an activating group) is 1. The topological polar surface area (TPSA) is 47.1 Å². The second-order valence-electron chi connectivity index (χ2n) is 11.4. The molecular formula is C28H44N4O2. The number of likely N-dealkylation sites (tertiary alicyclic amines) is 2. The fourth-order valence-corrected chi connectivity index (χ4v) is 5.78. The second kappa shape index (κ2) is 10.8. The van der Waals surface area contributed by atoms with Gasteiger partial charge >= 0.3 is 0 Å². The van der Waals surface area contributed by atoms with Crippen molar-refractivity contribution in [2.24, 2.45) is 5.92 Å². The van der Waals surface area contributed by atoms with E-state index in [-0.39, 0.29) is 17.2 Å². The van der Waals surface area contributed by atoms with Crippen molar-refractivity contribution in [2.45, 2.75) is 64.8 Å². The zero-order chi connectivity index (χ0) is 24.3. The zero-order valence-corrected chi connectivity index (χ0v) is 21.8. The lowest BCUT2D eigenvalue weighted by molar-refractivity contribution is -0.139. The van der Waals surface area contributed by atoms with Crippen molar-refractivity contribution in [3.63, 3.8) is 0 Å². The Bertz CT molecular complexity index is 823. The summed E-state index contributed by atoms with van der Waals surface area (Å²) in [6, 6.07) is 8.69. The first kappa shape index (κ1) is 25.2. The van der Waals surface area contributed by atoms with Gasteiger partial charge < -0.3 is 19.6 Å². The average molecular weight is 469 g/mol. The molecule has 6 nitrogen and oxygen atoms in total. The molecule has 0 saturated carbocycles. The van der Waals surface area contributed by atoms with Gasteiger partial charge in [0.1, 0.15) is 0 Å². The van der Waals surface area contributed by atoms with Crippen molar-refractivity contribution >= 4 is 11.8 Å². The van der Waals surface area contributed by atoms with E-state index in [1.807, 2.05) is 17.0 Å². The third kappa shape index (κ3) is 5.83. The van der Waals surface area contributed by atoms with E-state index in [9.17, 15) is 9.59 Å². The van der Waals surface area contributed by atoms with Crippen LogP contribution in [0.2, 0.25) is 0 Å². The maximum Gasteiger partial charge on any atom is 0.253 e. The summed E-state index contributed by atoms with van der Waals surface area (Å²) in [6.07, 6.45) is 4.02. The Morgan fingerprint density at radius 2 is 1.38 bits per heavy atom. The number of hydrogen-bond acceptors (Lipinski definition) is 4. The molecule has 0 N–H and O–H groups in total. The number of nitrogens with zero attached hydrogens (tertiary/aromatic N) is 4. The molecule has 2 amide bonds. The predicted octanol–water partition coefficient (Wildman–Crippen LogP) is 3.46. The summed E-state index contributed by atoms with van der Waals surface area (Å²) in [4.78, 5) is 35.2. The molecular weight excluding hydrogens is 424 g/mol. The van der Waals surface area contributed by atoms with E-state index in [0.717, 1.165) is 90.1 Å². The van der Waals surface area contributed by atoms with Crippen molar-refractivity contribution in [3.8, 4) is 0 Å². The molecule has 4 rings (SSSR count). The van der Waals surface area contributed by atoms with Crippen LogP contribution in [0.25, 0.3) is 0 Å². The van der Waals surface area contributed by atoms with E-state index in [1.54, 1.807) is 0 Å². The lowest BCUT2D eigenvalue weighted by Crippen LogP contribution is -2.53. The van der Waals surface area contributed by atoms with Crippen LogP contribution in [0.4, 0.5) is 0 Å². The molecule has 3 saturated heterocycles. The third-order valence-electron chi connectivity index (χ3n) is 8.28. The minimum Gasteiger partial charge on any atom is -0.340 e. The van der Waals surface area contributed by atoms with Crippen LogP contribution in [-0.2, 0) is 10.2 Å². The Kier molecular flexibility index (Phi) is 7.98. The van der Waals surface area contributed by atoms with Gasteiger partial charge in [0.15, 0.2) is 0 Å². The molecule has 0 radical (unpaired) electrons. The first-order valence-corrected chi connectivity index (χ1v) is 13.4. The van der Waals surface area contributed by atoms with E-state index in [4.69, 9.17) is 0 Å². The van der Waals surface area contributed by atoms with Crippen LogP contribution < -0.4 is 0 Å². The van der Waals surface area contributed by atoms with Crippen LogP contribution in [0.5, 0.6) is 0 Å². The second-order valence-corrected chi connectivity index (χ2v) is 11.4. The molecule has 1 aromatic rings. The Morgan fingerprint density at radius 3 is 1.91 bits per heavy atom. The molecule has 188 valence electrons. The van der Waals surface area contributed by atoms with Gasteiger partial charge in [0.25, 0.3) is 5.91 Å². The quantitative estimate of drug-likeness (QED) is 0.679. The van der Waals surface area contributed by atoms with Gasteiger partial charge in [-0.3, -0.25) is 9.59 Å². The highest BCUT2D eigenvalue weighted by atomic mass is 16.2. The Labute approximate surface area is 206 Å². The smallest absolute Gasteiger partial charge is 0.253 e. The average Bonchev–Trinajstić information content (AvgIpc) is 2.87. The van der Waals surface area contributed by atoms with Gasteiger partial charge in [0, 0.05) is 56.8 Å². The normalized spacial score (nSPS) is 22.2. The minimum absolute atomic E-state index is 0.0992. The largest absolute Gasteiger partial charge is 0.340 e. The van der Waals surface area contributed by atoms with Gasteiger partial charge in [-0.15, -0.1) is 0 Å². The monoisotopic (exact) mass is 468 g/mol. The molecule has 0 bridgehead atoms. The Hall–Kier alpha value is -1.92. The number of hydrogen-bond donors (Lipinski definition) is 0. The lowest BCUT2D eigenvalue weighted by atomic mass is 9.86. The van der Waals surface area contributed by atoms with E-state index >= 15 is 0 Å². The molecule has 6 heteroatoms. The summed E-state index contributed by atoms with van der Waals surface area (Å²) in [7, 11) is 0. The van der Waals surface area contributed by atoms with Gasteiger partial charge in [0.05, 0.1) is 0 Å². The molecule has 3 aliphatic heterocycles. The van der Waals surface area contributed by atoms with Crippen LogP contribution in [0.3, 0.4) is 0 Å². The van der Waals surface area contributed by atoms with Crippen LogP contribution in [0, 0.1) is 5.92 Å². The highest BCUT2D eigenvalue weighted by Gasteiger charge is 2.34. The van der Waals surface area contributed by atoms with Crippen LogP contribution in [-0.4, -0.2) is 96.4 Å². The van der Waals surface area contributed by atoms with Gasteiger partial charge in [-0.25, -0.2) is 0 Å². The number of amides is 2. The maximum atomic E-state index is 13.0. The van der Waals surface area contributed by atoms with Crippen molar-refractivity contribution in [1.29, 1.82) is 0 Å². The summed E-state index contributed by atoms with van der Waals surface area (Å²) >= 11 is 0. The third-order valence-corrected chi connectivity index (χ3v) is 8.28. The number of benzene rings is 1. The Balaban J connectivity index is 1.21. The molecule has 3 fully saturated rings. The molecule has 0 unspecified atom stereocenters. The number of carbonyl (C=O) groups excluding carboxylic acids is 2. The van der Waals surface area contributed by atoms with E-state index < -0.39 is 0 Å². The molecule has 3 aliphatic rings. The summed E-state index contributed by atoms with van der Waals surface area (Å²) in [5, 5.41) is 0. The van der Waals surface area contributed by atoms with Crippen molar-refractivity contribution in [2.75, 3.05) is 58.9 Å².